The molecule has 76 valence electrons. The normalized spacial score (nSPS) is 21.6. The van der Waals surface area contributed by atoms with Gasteiger partial charge >= 0.3 is 0 Å². The minimum absolute atomic E-state index is 0.285. The van der Waals surface area contributed by atoms with E-state index in [1.807, 2.05) is 18.3 Å². The van der Waals surface area contributed by atoms with E-state index in [4.69, 9.17) is 5.11 Å². The number of aliphatic hydroxyl groups excluding tert-OH is 1. The maximum absolute atomic E-state index is 9.02. The number of halogens is 1. The largest absolute Gasteiger partial charge is 0.396 e. The first-order valence-corrected chi connectivity index (χ1v) is 5.56. The van der Waals surface area contributed by atoms with E-state index >= 15 is 0 Å². The van der Waals surface area contributed by atoms with Gasteiger partial charge in [0.05, 0.1) is 0 Å². The summed E-state index contributed by atoms with van der Waals surface area (Å²) in [5.74, 6) is 1.42. The molecule has 1 aromatic heterocycles. The van der Waals surface area contributed by atoms with Gasteiger partial charge in [0.2, 0.25) is 0 Å². The summed E-state index contributed by atoms with van der Waals surface area (Å²) in [7, 11) is 0. The Balaban J connectivity index is 2.06. The van der Waals surface area contributed by atoms with Crippen LogP contribution in [0.4, 0.5) is 5.82 Å². The molecule has 0 saturated carbocycles. The average Bonchev–Trinajstić information content (AvgIpc) is 2.67. The summed E-state index contributed by atoms with van der Waals surface area (Å²) in [5, 5.41) is 9.02. The van der Waals surface area contributed by atoms with Crippen molar-refractivity contribution in [3.8, 4) is 0 Å². The third-order valence-corrected chi connectivity index (χ3v) is 3.05. The van der Waals surface area contributed by atoms with E-state index in [1.165, 1.54) is 0 Å². The fourth-order valence-corrected chi connectivity index (χ4v) is 1.98. The van der Waals surface area contributed by atoms with E-state index in [0.29, 0.717) is 5.92 Å². The van der Waals surface area contributed by atoms with Crippen LogP contribution in [0.25, 0.3) is 0 Å². The van der Waals surface area contributed by atoms with Crippen LogP contribution in [0.15, 0.2) is 22.8 Å². The second-order valence-corrected chi connectivity index (χ2v) is 4.53. The van der Waals surface area contributed by atoms with Gasteiger partial charge in [-0.15, -0.1) is 0 Å². The summed E-state index contributed by atoms with van der Waals surface area (Å²) in [6.45, 7) is 2.21. The van der Waals surface area contributed by atoms with Gasteiger partial charge < -0.3 is 10.0 Å². The van der Waals surface area contributed by atoms with Crippen LogP contribution in [0.2, 0.25) is 0 Å². The van der Waals surface area contributed by atoms with Gasteiger partial charge in [-0.1, -0.05) is 0 Å². The quantitative estimate of drug-likeness (QED) is 0.875. The number of nitrogens with zero attached hydrogens (tertiary/aromatic N) is 2. The van der Waals surface area contributed by atoms with Gasteiger partial charge in [0.15, 0.2) is 0 Å². The summed E-state index contributed by atoms with van der Waals surface area (Å²) in [6.07, 6.45) is 2.87. The number of aliphatic hydroxyl groups is 1. The van der Waals surface area contributed by atoms with Gasteiger partial charge in [-0.3, -0.25) is 0 Å². The van der Waals surface area contributed by atoms with Gasteiger partial charge in [0.1, 0.15) is 5.82 Å². The van der Waals surface area contributed by atoms with Gasteiger partial charge in [0.25, 0.3) is 0 Å². The number of aromatic nitrogens is 1. The van der Waals surface area contributed by atoms with Crippen molar-refractivity contribution in [3.05, 3.63) is 22.8 Å². The summed E-state index contributed by atoms with van der Waals surface area (Å²) in [6, 6.07) is 4.00. The molecule has 0 bridgehead atoms. The minimum Gasteiger partial charge on any atom is -0.396 e. The van der Waals surface area contributed by atoms with E-state index in [-0.39, 0.29) is 6.61 Å². The third kappa shape index (κ3) is 2.07. The van der Waals surface area contributed by atoms with Crippen molar-refractivity contribution in [2.24, 2.45) is 5.92 Å². The predicted octanol–water partition coefficient (Wildman–Crippen LogP) is 1.66. The maximum atomic E-state index is 9.02. The molecule has 1 saturated heterocycles. The van der Waals surface area contributed by atoms with Crippen molar-refractivity contribution in [2.45, 2.75) is 6.42 Å². The average molecular weight is 257 g/mol. The molecule has 2 rings (SSSR count). The molecule has 0 unspecified atom stereocenters. The Hall–Kier alpha value is -0.610. The van der Waals surface area contributed by atoms with Crippen LogP contribution >= 0.6 is 15.9 Å². The molecular formula is C10H13BrN2O. The Morgan fingerprint density at radius 3 is 3.00 bits per heavy atom. The van der Waals surface area contributed by atoms with E-state index in [2.05, 4.69) is 25.8 Å². The number of anilines is 1. The maximum Gasteiger partial charge on any atom is 0.128 e. The smallest absolute Gasteiger partial charge is 0.128 e. The molecule has 1 aliphatic heterocycles. The first kappa shape index (κ1) is 9.93. The van der Waals surface area contributed by atoms with Crippen molar-refractivity contribution in [2.75, 3.05) is 24.6 Å². The summed E-state index contributed by atoms with van der Waals surface area (Å²) in [4.78, 5) is 6.54. The molecule has 0 spiro atoms. The van der Waals surface area contributed by atoms with Crippen molar-refractivity contribution < 1.29 is 5.11 Å². The molecule has 0 amide bonds. The summed E-state index contributed by atoms with van der Waals surface area (Å²) in [5.41, 5.74) is 0. The second kappa shape index (κ2) is 4.28. The van der Waals surface area contributed by atoms with Gasteiger partial charge in [-0.25, -0.2) is 4.98 Å². The zero-order valence-electron chi connectivity index (χ0n) is 7.86. The van der Waals surface area contributed by atoms with Crippen molar-refractivity contribution in [1.29, 1.82) is 0 Å². The standard InChI is InChI=1S/C10H13BrN2O/c11-9-1-2-10(12-5-9)13-4-3-8(6-13)7-14/h1-2,5,8,14H,3-4,6-7H2/t8-/m0/s1. The lowest BCUT2D eigenvalue weighted by molar-refractivity contribution is 0.238. The molecule has 3 nitrogen and oxygen atoms in total. The monoisotopic (exact) mass is 256 g/mol. The molecule has 0 aliphatic carbocycles. The van der Waals surface area contributed by atoms with Crippen LogP contribution < -0.4 is 4.90 Å². The lowest BCUT2D eigenvalue weighted by Gasteiger charge is -2.16. The molecule has 14 heavy (non-hydrogen) atoms. The molecule has 4 heteroatoms. The zero-order chi connectivity index (χ0) is 9.97. The highest BCUT2D eigenvalue weighted by Crippen LogP contribution is 2.22. The summed E-state index contributed by atoms with van der Waals surface area (Å²) >= 11 is 3.36. The number of rotatable bonds is 2. The van der Waals surface area contributed by atoms with Crippen LogP contribution in [0, 0.1) is 5.92 Å². The SMILES string of the molecule is OC[C@H]1CCN(c2ccc(Br)cn2)C1. The van der Waals surface area contributed by atoms with Crippen LogP contribution in [-0.2, 0) is 0 Å². The molecule has 0 aromatic carbocycles. The minimum atomic E-state index is 0.285. The topological polar surface area (TPSA) is 36.4 Å². The number of pyridine rings is 1. The highest BCUT2D eigenvalue weighted by Gasteiger charge is 2.22. The third-order valence-electron chi connectivity index (χ3n) is 2.58. The molecule has 1 atom stereocenters. The summed E-state index contributed by atoms with van der Waals surface area (Å²) < 4.78 is 0.999. The number of hydrogen-bond donors (Lipinski definition) is 1. The Kier molecular flexibility index (Phi) is 3.03. The molecule has 0 radical (unpaired) electrons. The fraction of sp³-hybridized carbons (Fsp3) is 0.500. The predicted molar refractivity (Wildman–Crippen MR) is 59.3 cm³/mol. The van der Waals surface area contributed by atoms with Crippen molar-refractivity contribution in [3.63, 3.8) is 0 Å². The van der Waals surface area contributed by atoms with Crippen LogP contribution in [0.1, 0.15) is 6.42 Å². The van der Waals surface area contributed by atoms with Crippen molar-refractivity contribution in [1.82, 2.24) is 4.98 Å². The molecule has 1 fully saturated rings. The molecule has 1 N–H and O–H groups in total. The fourth-order valence-electron chi connectivity index (χ4n) is 1.74. The van der Waals surface area contributed by atoms with Gasteiger partial charge in [0, 0.05) is 36.3 Å². The van der Waals surface area contributed by atoms with Gasteiger partial charge in [-0.05, 0) is 34.5 Å². The second-order valence-electron chi connectivity index (χ2n) is 3.62. The molecule has 1 aromatic rings. The first-order chi connectivity index (χ1) is 6.79. The van der Waals surface area contributed by atoms with E-state index in [0.717, 1.165) is 29.8 Å². The van der Waals surface area contributed by atoms with Gasteiger partial charge in [-0.2, -0.15) is 0 Å². The van der Waals surface area contributed by atoms with Crippen LogP contribution in [-0.4, -0.2) is 29.8 Å². The number of hydrogen-bond acceptors (Lipinski definition) is 3. The first-order valence-electron chi connectivity index (χ1n) is 4.77. The highest BCUT2D eigenvalue weighted by molar-refractivity contribution is 9.10. The Morgan fingerprint density at radius 2 is 2.43 bits per heavy atom. The van der Waals surface area contributed by atoms with E-state index < -0.39 is 0 Å². The molecular weight excluding hydrogens is 244 g/mol. The molecule has 1 aliphatic rings. The van der Waals surface area contributed by atoms with E-state index in [9.17, 15) is 0 Å². The zero-order valence-corrected chi connectivity index (χ0v) is 9.44. The lowest BCUT2D eigenvalue weighted by Crippen LogP contribution is -2.21. The van der Waals surface area contributed by atoms with Crippen molar-refractivity contribution >= 4 is 21.7 Å². The molecule has 2 heterocycles. The van der Waals surface area contributed by atoms with E-state index in [1.54, 1.807) is 0 Å². The Bertz CT molecular complexity index is 301. The van der Waals surface area contributed by atoms with Crippen LogP contribution in [0.3, 0.4) is 0 Å². The Morgan fingerprint density at radius 1 is 1.57 bits per heavy atom. The Labute approximate surface area is 91.9 Å². The lowest BCUT2D eigenvalue weighted by atomic mass is 10.1. The van der Waals surface area contributed by atoms with Crippen LogP contribution in [0.5, 0.6) is 0 Å². The highest BCUT2D eigenvalue weighted by atomic mass is 79.9.